The van der Waals surface area contributed by atoms with E-state index in [4.69, 9.17) is 0 Å². The van der Waals surface area contributed by atoms with Gasteiger partial charge in [-0.15, -0.1) is 0 Å². The van der Waals surface area contributed by atoms with Crippen molar-refractivity contribution >= 4 is 5.91 Å². The molecule has 0 bridgehead atoms. The van der Waals surface area contributed by atoms with Gasteiger partial charge in [0.1, 0.15) is 5.69 Å². The largest absolute Gasteiger partial charge is 0.357 e. The second-order valence-corrected chi connectivity index (χ2v) is 5.57. The molecule has 1 aliphatic carbocycles. The second-order valence-electron chi connectivity index (χ2n) is 5.57. The first-order valence-electron chi connectivity index (χ1n) is 7.19. The molecule has 5 nitrogen and oxygen atoms in total. The average Bonchev–Trinajstić information content (AvgIpc) is 3.05. The number of amides is 1. The van der Waals surface area contributed by atoms with Crippen LogP contribution in [0.4, 0.5) is 0 Å². The van der Waals surface area contributed by atoms with Crippen LogP contribution in [0.25, 0.3) is 0 Å². The lowest BCUT2D eigenvalue weighted by Gasteiger charge is -2.24. The summed E-state index contributed by atoms with van der Waals surface area (Å²) in [6, 6.07) is 3.54. The number of aromatic amines is 1. The van der Waals surface area contributed by atoms with Crippen LogP contribution in [0.1, 0.15) is 48.3 Å². The number of H-pyrrole nitrogens is 1. The summed E-state index contributed by atoms with van der Waals surface area (Å²) in [6.07, 6.45) is 9.61. The number of rotatable bonds is 5. The van der Waals surface area contributed by atoms with Gasteiger partial charge in [-0.2, -0.15) is 5.10 Å². The smallest absolute Gasteiger partial charge is 0.268 e. The number of hydrogen-bond donors (Lipinski definition) is 2. The van der Waals surface area contributed by atoms with Crippen molar-refractivity contribution in [3.63, 3.8) is 0 Å². The zero-order chi connectivity index (χ0) is 13.9. The van der Waals surface area contributed by atoms with Crippen LogP contribution in [0.5, 0.6) is 0 Å². The van der Waals surface area contributed by atoms with Crippen molar-refractivity contribution in [2.45, 2.75) is 38.8 Å². The van der Waals surface area contributed by atoms with Gasteiger partial charge in [-0.3, -0.25) is 9.48 Å². The van der Waals surface area contributed by atoms with Crippen molar-refractivity contribution in [2.24, 2.45) is 5.92 Å². The number of carbonyl (C=O) groups is 1. The molecule has 5 heteroatoms. The summed E-state index contributed by atoms with van der Waals surface area (Å²) in [7, 11) is 0. The summed E-state index contributed by atoms with van der Waals surface area (Å²) in [5, 5.41) is 7.36. The number of hydrogen-bond acceptors (Lipinski definition) is 2. The minimum Gasteiger partial charge on any atom is -0.357 e. The Hall–Kier alpha value is -2.04. The van der Waals surface area contributed by atoms with Gasteiger partial charge < -0.3 is 10.3 Å². The summed E-state index contributed by atoms with van der Waals surface area (Å²) in [5.41, 5.74) is 1.63. The molecule has 3 rings (SSSR count). The van der Waals surface area contributed by atoms with Gasteiger partial charge in [-0.1, -0.05) is 6.42 Å². The number of nitrogens with one attached hydrogen (secondary N) is 2. The lowest BCUT2D eigenvalue weighted by atomic mass is 9.85. The molecular weight excluding hydrogens is 252 g/mol. The minimum absolute atomic E-state index is 0.0408. The fourth-order valence-electron chi connectivity index (χ4n) is 2.47. The predicted octanol–water partition coefficient (Wildman–Crippen LogP) is 2.50. The SMILES string of the molecule is CC(NC(=O)c1ccc[nH]1)c1cnn(CC2CCC2)c1. The highest BCUT2D eigenvalue weighted by molar-refractivity contribution is 5.92. The topological polar surface area (TPSA) is 62.7 Å². The van der Waals surface area contributed by atoms with Crippen molar-refractivity contribution in [3.8, 4) is 0 Å². The Morgan fingerprint density at radius 1 is 1.60 bits per heavy atom. The molecule has 1 unspecified atom stereocenters. The van der Waals surface area contributed by atoms with E-state index in [1.54, 1.807) is 12.3 Å². The van der Waals surface area contributed by atoms with E-state index in [-0.39, 0.29) is 11.9 Å². The van der Waals surface area contributed by atoms with Crippen molar-refractivity contribution in [2.75, 3.05) is 0 Å². The molecule has 20 heavy (non-hydrogen) atoms. The zero-order valence-electron chi connectivity index (χ0n) is 11.7. The van der Waals surface area contributed by atoms with Crippen molar-refractivity contribution in [3.05, 3.63) is 42.0 Å². The standard InChI is InChI=1S/C15H20N4O/c1-11(18-15(20)14-6-3-7-16-14)13-8-17-19(10-13)9-12-4-2-5-12/h3,6-8,10-12,16H,2,4-5,9H2,1H3,(H,18,20). The van der Waals surface area contributed by atoms with Crippen molar-refractivity contribution < 1.29 is 4.79 Å². The van der Waals surface area contributed by atoms with E-state index in [0.29, 0.717) is 5.69 Å². The summed E-state index contributed by atoms with van der Waals surface area (Å²) in [4.78, 5) is 14.9. The highest BCUT2D eigenvalue weighted by atomic mass is 16.1. The van der Waals surface area contributed by atoms with E-state index in [0.717, 1.165) is 18.0 Å². The van der Waals surface area contributed by atoms with Gasteiger partial charge >= 0.3 is 0 Å². The minimum atomic E-state index is -0.0887. The Balaban J connectivity index is 1.59. The zero-order valence-corrected chi connectivity index (χ0v) is 11.7. The number of carbonyl (C=O) groups excluding carboxylic acids is 1. The lowest BCUT2D eigenvalue weighted by molar-refractivity contribution is 0.0935. The first kappa shape index (κ1) is 13.0. The molecule has 0 radical (unpaired) electrons. The molecule has 106 valence electrons. The predicted molar refractivity (Wildman–Crippen MR) is 76.2 cm³/mol. The van der Waals surface area contributed by atoms with Gasteiger partial charge in [0, 0.05) is 24.5 Å². The summed E-state index contributed by atoms with van der Waals surface area (Å²) >= 11 is 0. The quantitative estimate of drug-likeness (QED) is 0.878. The third-order valence-electron chi connectivity index (χ3n) is 4.01. The Labute approximate surface area is 118 Å². The molecule has 2 aromatic heterocycles. The average molecular weight is 272 g/mol. The Kier molecular flexibility index (Phi) is 3.58. The van der Waals surface area contributed by atoms with Crippen LogP contribution in [0.15, 0.2) is 30.7 Å². The van der Waals surface area contributed by atoms with E-state index in [1.807, 2.05) is 30.1 Å². The maximum atomic E-state index is 12.0. The highest BCUT2D eigenvalue weighted by Crippen LogP contribution is 2.27. The summed E-state index contributed by atoms with van der Waals surface area (Å²) < 4.78 is 2.00. The first-order chi connectivity index (χ1) is 9.72. The summed E-state index contributed by atoms with van der Waals surface area (Å²) in [6.45, 7) is 2.98. The number of aromatic nitrogens is 3. The maximum Gasteiger partial charge on any atom is 0.268 e. The van der Waals surface area contributed by atoms with Crippen LogP contribution in [0.3, 0.4) is 0 Å². The van der Waals surface area contributed by atoms with E-state index < -0.39 is 0 Å². The molecule has 0 aliphatic heterocycles. The van der Waals surface area contributed by atoms with Gasteiger partial charge in [0.2, 0.25) is 0 Å². The lowest BCUT2D eigenvalue weighted by Crippen LogP contribution is -2.26. The van der Waals surface area contributed by atoms with Crippen LogP contribution in [0, 0.1) is 5.92 Å². The molecule has 0 saturated heterocycles. The number of nitrogens with zero attached hydrogens (tertiary/aromatic N) is 2. The van der Waals surface area contributed by atoms with E-state index in [2.05, 4.69) is 15.4 Å². The van der Waals surface area contributed by atoms with Gasteiger partial charge in [-0.25, -0.2) is 0 Å². The monoisotopic (exact) mass is 272 g/mol. The van der Waals surface area contributed by atoms with Gasteiger partial charge in [0.05, 0.1) is 12.2 Å². The fourth-order valence-corrected chi connectivity index (χ4v) is 2.47. The molecule has 0 spiro atoms. The third kappa shape index (κ3) is 2.76. The molecule has 1 fully saturated rings. The van der Waals surface area contributed by atoms with Crippen LogP contribution < -0.4 is 5.32 Å². The Morgan fingerprint density at radius 2 is 2.45 bits per heavy atom. The van der Waals surface area contributed by atoms with Crippen LogP contribution in [0.2, 0.25) is 0 Å². The van der Waals surface area contributed by atoms with Gasteiger partial charge in [0.15, 0.2) is 0 Å². The van der Waals surface area contributed by atoms with Crippen molar-refractivity contribution in [1.29, 1.82) is 0 Å². The normalized spacial score (nSPS) is 16.6. The summed E-state index contributed by atoms with van der Waals surface area (Å²) in [5.74, 6) is 0.695. The van der Waals surface area contributed by atoms with Crippen molar-refractivity contribution in [1.82, 2.24) is 20.1 Å². The molecule has 1 aliphatic rings. The van der Waals surface area contributed by atoms with Crippen LogP contribution in [-0.4, -0.2) is 20.7 Å². The Morgan fingerprint density at radius 3 is 3.10 bits per heavy atom. The highest BCUT2D eigenvalue weighted by Gasteiger charge is 2.19. The fraction of sp³-hybridized carbons (Fsp3) is 0.467. The third-order valence-corrected chi connectivity index (χ3v) is 4.01. The molecule has 1 atom stereocenters. The molecule has 2 heterocycles. The maximum absolute atomic E-state index is 12.0. The van der Waals surface area contributed by atoms with Crippen LogP contribution in [-0.2, 0) is 6.54 Å². The molecule has 1 saturated carbocycles. The van der Waals surface area contributed by atoms with Crippen LogP contribution >= 0.6 is 0 Å². The van der Waals surface area contributed by atoms with E-state index in [1.165, 1.54) is 19.3 Å². The Bertz CT molecular complexity index is 568. The molecule has 2 aromatic rings. The molecule has 2 N–H and O–H groups in total. The second kappa shape index (κ2) is 5.53. The van der Waals surface area contributed by atoms with Gasteiger partial charge in [0.25, 0.3) is 5.91 Å². The van der Waals surface area contributed by atoms with Gasteiger partial charge in [-0.05, 0) is 37.8 Å². The molecular formula is C15H20N4O. The van der Waals surface area contributed by atoms with E-state index in [9.17, 15) is 4.79 Å². The first-order valence-corrected chi connectivity index (χ1v) is 7.19. The molecule has 0 aromatic carbocycles. The van der Waals surface area contributed by atoms with E-state index >= 15 is 0 Å². The molecule has 1 amide bonds.